The summed E-state index contributed by atoms with van der Waals surface area (Å²) in [6.07, 6.45) is 0.801. The van der Waals surface area contributed by atoms with Gasteiger partial charge in [-0.15, -0.1) is 0 Å². The van der Waals surface area contributed by atoms with Gasteiger partial charge in [-0.2, -0.15) is 0 Å². The highest BCUT2D eigenvalue weighted by molar-refractivity contribution is 5.74. The summed E-state index contributed by atoms with van der Waals surface area (Å²) in [5, 5.41) is 0. The summed E-state index contributed by atoms with van der Waals surface area (Å²) < 4.78 is 16.2. The van der Waals surface area contributed by atoms with Crippen LogP contribution in [0.25, 0.3) is 0 Å². The lowest BCUT2D eigenvalue weighted by atomic mass is 10.2. The van der Waals surface area contributed by atoms with Gasteiger partial charge in [-0.3, -0.25) is 4.79 Å². The Balaban J connectivity index is 1.76. The molecule has 0 atom stereocenters. The van der Waals surface area contributed by atoms with Crippen molar-refractivity contribution in [3.63, 3.8) is 0 Å². The van der Waals surface area contributed by atoms with Gasteiger partial charge >= 0.3 is 0 Å². The zero-order valence-corrected chi connectivity index (χ0v) is 11.2. The van der Waals surface area contributed by atoms with Crippen molar-refractivity contribution in [3.05, 3.63) is 54.1 Å². The molecule has 0 N–H and O–H groups in total. The first kappa shape index (κ1) is 13.9. The van der Waals surface area contributed by atoms with E-state index in [1.54, 1.807) is 31.4 Å². The molecule has 2 rings (SSSR count). The highest BCUT2D eigenvalue weighted by atomic mass is 16.5. The summed E-state index contributed by atoms with van der Waals surface area (Å²) >= 11 is 0. The zero-order valence-electron chi connectivity index (χ0n) is 11.2. The molecular formula is C16H16O4. The minimum Gasteiger partial charge on any atom is -0.497 e. The van der Waals surface area contributed by atoms with Crippen LogP contribution in [0.2, 0.25) is 0 Å². The fraction of sp³-hybridized carbons (Fsp3) is 0.188. The number of rotatable bonds is 7. The molecule has 104 valence electrons. The van der Waals surface area contributed by atoms with Gasteiger partial charge in [0.05, 0.1) is 7.11 Å². The molecular weight excluding hydrogens is 256 g/mol. The van der Waals surface area contributed by atoms with Crippen LogP contribution in [0.15, 0.2) is 48.5 Å². The number of ether oxygens (including phenoxy) is 3. The zero-order chi connectivity index (χ0) is 14.2. The van der Waals surface area contributed by atoms with E-state index in [4.69, 9.17) is 14.2 Å². The topological polar surface area (TPSA) is 44.8 Å². The highest BCUT2D eigenvalue weighted by Crippen LogP contribution is 2.18. The molecule has 2 aromatic carbocycles. The molecule has 0 aliphatic rings. The van der Waals surface area contributed by atoms with E-state index in [1.165, 1.54) is 0 Å². The number of hydrogen-bond donors (Lipinski definition) is 0. The van der Waals surface area contributed by atoms with Gasteiger partial charge in [0.25, 0.3) is 0 Å². The molecule has 0 saturated carbocycles. The van der Waals surface area contributed by atoms with E-state index < -0.39 is 0 Å². The van der Waals surface area contributed by atoms with Gasteiger partial charge < -0.3 is 14.2 Å². The molecule has 4 nitrogen and oxygen atoms in total. The van der Waals surface area contributed by atoms with Gasteiger partial charge in [0.1, 0.15) is 36.7 Å². The molecule has 0 radical (unpaired) electrons. The van der Waals surface area contributed by atoms with E-state index in [2.05, 4.69) is 0 Å². The molecule has 0 heterocycles. The number of methoxy groups -OCH3 is 1. The van der Waals surface area contributed by atoms with Crippen LogP contribution < -0.4 is 14.2 Å². The quantitative estimate of drug-likeness (QED) is 0.574. The van der Waals surface area contributed by atoms with Crippen LogP contribution in [0.5, 0.6) is 17.2 Å². The summed E-state index contributed by atoms with van der Waals surface area (Å²) in [7, 11) is 1.62. The second kappa shape index (κ2) is 7.19. The number of hydrogen-bond acceptors (Lipinski definition) is 4. The van der Waals surface area contributed by atoms with Crippen molar-refractivity contribution in [2.75, 3.05) is 20.3 Å². The lowest BCUT2D eigenvalue weighted by Gasteiger charge is -2.09. The van der Waals surface area contributed by atoms with Gasteiger partial charge in [-0.25, -0.2) is 0 Å². The third-order valence-corrected chi connectivity index (χ3v) is 2.68. The van der Waals surface area contributed by atoms with E-state index in [1.807, 2.05) is 24.3 Å². The number of aldehydes is 1. The highest BCUT2D eigenvalue weighted by Gasteiger charge is 1.98. The monoisotopic (exact) mass is 272 g/mol. The smallest absolute Gasteiger partial charge is 0.150 e. The summed E-state index contributed by atoms with van der Waals surface area (Å²) in [6.45, 7) is 0.861. The number of carbonyl (C=O) groups excluding carboxylic acids is 1. The Labute approximate surface area is 117 Å². The number of benzene rings is 2. The Morgan fingerprint density at radius 2 is 1.55 bits per heavy atom. The fourth-order valence-electron chi connectivity index (χ4n) is 1.65. The molecule has 2 aromatic rings. The number of carbonyl (C=O) groups is 1. The SMILES string of the molecule is COc1cccc(OCCOc2ccc(C=O)cc2)c1. The minimum atomic E-state index is 0.428. The lowest BCUT2D eigenvalue weighted by molar-refractivity contribution is 0.112. The van der Waals surface area contributed by atoms with Gasteiger partial charge in [-0.1, -0.05) is 6.07 Å². The molecule has 0 saturated heterocycles. The maximum Gasteiger partial charge on any atom is 0.150 e. The van der Waals surface area contributed by atoms with Gasteiger partial charge in [-0.05, 0) is 36.4 Å². The third kappa shape index (κ3) is 4.02. The van der Waals surface area contributed by atoms with Crippen molar-refractivity contribution >= 4 is 6.29 Å². The Morgan fingerprint density at radius 1 is 0.900 bits per heavy atom. The summed E-state index contributed by atoms with van der Waals surface area (Å²) in [5.74, 6) is 2.21. The van der Waals surface area contributed by atoms with Crippen LogP contribution in [0, 0.1) is 0 Å². The van der Waals surface area contributed by atoms with E-state index in [0.29, 0.717) is 24.5 Å². The first-order chi connectivity index (χ1) is 9.81. The Kier molecular flexibility index (Phi) is 5.00. The van der Waals surface area contributed by atoms with Gasteiger partial charge in [0, 0.05) is 11.6 Å². The van der Waals surface area contributed by atoms with E-state index in [-0.39, 0.29) is 0 Å². The third-order valence-electron chi connectivity index (χ3n) is 2.68. The van der Waals surface area contributed by atoms with E-state index >= 15 is 0 Å². The van der Waals surface area contributed by atoms with E-state index in [9.17, 15) is 4.79 Å². The van der Waals surface area contributed by atoms with Crippen LogP contribution in [0.3, 0.4) is 0 Å². The average molecular weight is 272 g/mol. The van der Waals surface area contributed by atoms with Crippen LogP contribution in [-0.4, -0.2) is 26.6 Å². The van der Waals surface area contributed by atoms with Crippen molar-refractivity contribution in [1.82, 2.24) is 0 Å². The maximum absolute atomic E-state index is 10.5. The maximum atomic E-state index is 10.5. The van der Waals surface area contributed by atoms with Crippen LogP contribution in [-0.2, 0) is 0 Å². The second-order valence-corrected chi connectivity index (χ2v) is 4.06. The van der Waals surface area contributed by atoms with Gasteiger partial charge in [0.2, 0.25) is 0 Å². The molecule has 0 bridgehead atoms. The normalized spacial score (nSPS) is 9.85. The molecule has 0 aliphatic carbocycles. The predicted octanol–water partition coefficient (Wildman–Crippen LogP) is 2.97. The Hall–Kier alpha value is -2.49. The van der Waals surface area contributed by atoms with Crippen LogP contribution >= 0.6 is 0 Å². The predicted molar refractivity (Wildman–Crippen MR) is 75.8 cm³/mol. The van der Waals surface area contributed by atoms with Gasteiger partial charge in [0.15, 0.2) is 0 Å². The standard InChI is InChI=1S/C16H16O4/c1-18-15-3-2-4-16(11-15)20-10-9-19-14-7-5-13(12-17)6-8-14/h2-8,11-12H,9-10H2,1H3. The molecule has 0 amide bonds. The lowest BCUT2D eigenvalue weighted by Crippen LogP contribution is -2.09. The first-order valence-corrected chi connectivity index (χ1v) is 6.27. The Morgan fingerprint density at radius 3 is 2.20 bits per heavy atom. The van der Waals surface area contributed by atoms with Crippen molar-refractivity contribution in [2.24, 2.45) is 0 Å². The molecule has 20 heavy (non-hydrogen) atoms. The first-order valence-electron chi connectivity index (χ1n) is 6.27. The minimum absolute atomic E-state index is 0.428. The van der Waals surface area contributed by atoms with Crippen molar-refractivity contribution < 1.29 is 19.0 Å². The van der Waals surface area contributed by atoms with Crippen LogP contribution in [0.4, 0.5) is 0 Å². The van der Waals surface area contributed by atoms with E-state index in [0.717, 1.165) is 17.8 Å². The van der Waals surface area contributed by atoms with Crippen molar-refractivity contribution in [3.8, 4) is 17.2 Å². The Bertz CT molecular complexity index is 549. The molecule has 0 spiro atoms. The average Bonchev–Trinajstić information content (AvgIpc) is 2.52. The summed E-state index contributed by atoms with van der Waals surface area (Å²) in [6, 6.07) is 14.4. The summed E-state index contributed by atoms with van der Waals surface area (Å²) in [4.78, 5) is 10.5. The molecule has 0 unspecified atom stereocenters. The van der Waals surface area contributed by atoms with Crippen LogP contribution in [0.1, 0.15) is 10.4 Å². The second-order valence-electron chi connectivity index (χ2n) is 4.06. The summed E-state index contributed by atoms with van der Waals surface area (Å²) in [5.41, 5.74) is 0.630. The van der Waals surface area contributed by atoms with Crippen molar-refractivity contribution in [2.45, 2.75) is 0 Å². The molecule has 4 heteroatoms. The molecule has 0 aromatic heterocycles. The molecule has 0 fully saturated rings. The fourth-order valence-corrected chi connectivity index (χ4v) is 1.65. The van der Waals surface area contributed by atoms with Crippen molar-refractivity contribution in [1.29, 1.82) is 0 Å². The largest absolute Gasteiger partial charge is 0.497 e. The molecule has 0 aliphatic heterocycles.